The summed E-state index contributed by atoms with van der Waals surface area (Å²) in [6, 6.07) is 0. The van der Waals surface area contributed by atoms with Crippen molar-refractivity contribution in [3.8, 4) is 0 Å². The first kappa shape index (κ1) is 31.8. The van der Waals surface area contributed by atoms with E-state index in [0.717, 1.165) is 0 Å². The molecule has 0 amide bonds. The van der Waals surface area contributed by atoms with Crippen molar-refractivity contribution in [2.75, 3.05) is 7.11 Å². The van der Waals surface area contributed by atoms with Gasteiger partial charge in [-0.25, -0.2) is 4.79 Å². The van der Waals surface area contributed by atoms with Crippen LogP contribution < -0.4 is 0 Å². The molecule has 0 aliphatic carbocycles. The number of aliphatic hydroxyl groups is 2. The Balaban J connectivity index is -0.000000107. The summed E-state index contributed by atoms with van der Waals surface area (Å²) in [5, 5.41) is 18.2. The van der Waals surface area contributed by atoms with Crippen LogP contribution in [0.1, 0.15) is 13.3 Å². The van der Waals surface area contributed by atoms with Crippen LogP contribution in [0.5, 0.6) is 0 Å². The van der Waals surface area contributed by atoms with Crippen LogP contribution in [0.3, 0.4) is 0 Å². The maximum absolute atomic E-state index is 10.6. The van der Waals surface area contributed by atoms with E-state index in [2.05, 4.69) is 24.7 Å². The van der Waals surface area contributed by atoms with Gasteiger partial charge in [0.25, 0.3) is 0 Å². The van der Waals surface area contributed by atoms with Crippen LogP contribution in [-0.4, -0.2) is 35.5 Å². The van der Waals surface area contributed by atoms with Gasteiger partial charge in [0.2, 0.25) is 0 Å². The summed E-state index contributed by atoms with van der Waals surface area (Å²) in [6.07, 6.45) is 4.78. The van der Waals surface area contributed by atoms with Gasteiger partial charge in [0.05, 0.1) is 19.3 Å². The minimum absolute atomic E-state index is 0. The van der Waals surface area contributed by atoms with Crippen LogP contribution in [0.2, 0.25) is 0 Å². The molecule has 0 saturated heterocycles. The molecule has 0 spiro atoms. The number of hydrogen-bond donors (Lipinski definition) is 2. The molecule has 2 N–H and O–H groups in total. The number of ether oxygens (including phenoxy) is 1. The molecule has 21 heavy (non-hydrogen) atoms. The molecule has 0 fully saturated rings. The minimum atomic E-state index is -0.697. The van der Waals surface area contributed by atoms with Gasteiger partial charge in [0.1, 0.15) is 0 Å². The SMILES string of the molecule is COC(=O)/C=C/C=C/[C@@H](O)CC(C)O.[C-]#[O+].[C-]#[O+].[C-]#[O+].[Fe]. The fourth-order valence-corrected chi connectivity index (χ4v) is 0.823. The fraction of sp³-hybridized carbons (Fsp3) is 0.385. The molecule has 0 radical (unpaired) electrons. The largest absolute Gasteiger partial charge is 0 e. The Labute approximate surface area is 134 Å². The average molecular weight is 340 g/mol. The van der Waals surface area contributed by atoms with Gasteiger partial charge in [0, 0.05) is 29.6 Å². The Bertz CT molecular complexity index is 315. The monoisotopic (exact) mass is 340 g/mol. The van der Waals surface area contributed by atoms with Crippen LogP contribution in [-0.2, 0) is 40.6 Å². The van der Waals surface area contributed by atoms with Crippen molar-refractivity contribution in [3.05, 3.63) is 44.3 Å². The maximum atomic E-state index is 10.6. The number of carbonyl (C=O) groups excluding carboxylic acids is 1. The van der Waals surface area contributed by atoms with Gasteiger partial charge < -0.3 is 14.9 Å². The van der Waals surface area contributed by atoms with Gasteiger partial charge in [-0.15, -0.1) is 0 Å². The molecular formula is C13H16FeO7. The molecule has 7 nitrogen and oxygen atoms in total. The fourth-order valence-electron chi connectivity index (χ4n) is 0.823. The van der Waals surface area contributed by atoms with Crippen LogP contribution in [0.4, 0.5) is 0 Å². The number of methoxy groups -OCH3 is 1. The summed E-state index contributed by atoms with van der Waals surface area (Å²) in [4.78, 5) is 10.6. The van der Waals surface area contributed by atoms with Crippen LogP contribution >= 0.6 is 0 Å². The predicted octanol–water partition coefficient (Wildman–Crippen LogP) is 0.289. The summed E-state index contributed by atoms with van der Waals surface area (Å²) in [5.74, 6) is -0.445. The van der Waals surface area contributed by atoms with E-state index in [1.165, 1.54) is 31.4 Å². The van der Waals surface area contributed by atoms with Gasteiger partial charge in [0.15, 0.2) is 0 Å². The van der Waals surface area contributed by atoms with E-state index in [9.17, 15) is 9.90 Å². The van der Waals surface area contributed by atoms with Crippen molar-refractivity contribution in [1.82, 2.24) is 0 Å². The first-order valence-corrected chi connectivity index (χ1v) is 4.96. The van der Waals surface area contributed by atoms with Crippen LogP contribution in [0.15, 0.2) is 24.3 Å². The molecule has 0 aliphatic rings. The van der Waals surface area contributed by atoms with Crippen molar-refractivity contribution in [2.45, 2.75) is 25.6 Å². The number of allylic oxidation sites excluding steroid dienone is 2. The molecule has 0 rings (SSSR count). The predicted molar refractivity (Wildman–Crippen MR) is 64.4 cm³/mol. The molecule has 8 heteroatoms. The molecule has 0 aromatic rings. The van der Waals surface area contributed by atoms with E-state index in [1.807, 2.05) is 0 Å². The zero-order valence-electron chi connectivity index (χ0n) is 11.5. The van der Waals surface area contributed by atoms with Crippen molar-refractivity contribution in [3.63, 3.8) is 0 Å². The van der Waals surface area contributed by atoms with Gasteiger partial charge >= 0.3 is 39.9 Å². The van der Waals surface area contributed by atoms with Crippen molar-refractivity contribution >= 4 is 5.97 Å². The van der Waals surface area contributed by atoms with E-state index in [0.29, 0.717) is 0 Å². The number of esters is 1. The number of rotatable bonds is 5. The number of aliphatic hydroxyl groups excluding tert-OH is 2. The van der Waals surface area contributed by atoms with Gasteiger partial charge in [-0.05, 0) is 6.92 Å². The van der Waals surface area contributed by atoms with Gasteiger partial charge in [-0.3, -0.25) is 0 Å². The second-order valence-corrected chi connectivity index (χ2v) is 2.92. The van der Waals surface area contributed by atoms with Gasteiger partial charge in [-0.2, -0.15) is 0 Å². The van der Waals surface area contributed by atoms with E-state index in [-0.39, 0.29) is 23.5 Å². The molecule has 0 aliphatic heterocycles. The third-order valence-corrected chi connectivity index (χ3v) is 1.46. The van der Waals surface area contributed by atoms with E-state index < -0.39 is 18.2 Å². The van der Waals surface area contributed by atoms with Crippen molar-refractivity contribution < 1.29 is 50.8 Å². The Hall–Kier alpha value is -1.39. The van der Waals surface area contributed by atoms with E-state index >= 15 is 0 Å². The first-order valence-electron chi connectivity index (χ1n) is 4.96. The molecular weight excluding hydrogens is 324 g/mol. The third-order valence-electron chi connectivity index (χ3n) is 1.46. The van der Waals surface area contributed by atoms with Crippen molar-refractivity contribution in [2.24, 2.45) is 0 Å². The zero-order valence-corrected chi connectivity index (χ0v) is 12.6. The molecule has 118 valence electrons. The number of hydrogen-bond acceptors (Lipinski definition) is 4. The Morgan fingerprint density at radius 3 is 1.90 bits per heavy atom. The average Bonchev–Trinajstić information content (AvgIpc) is 2.49. The smallest absolute Gasteiger partial charge is 0 e. The normalized spacial score (nSPS) is 11.0. The topological polar surface area (TPSA) is 126 Å². The molecule has 0 heterocycles. The molecule has 0 bridgehead atoms. The summed E-state index contributed by atoms with van der Waals surface area (Å²) < 4.78 is 26.9. The van der Waals surface area contributed by atoms with Crippen LogP contribution in [0, 0.1) is 20.0 Å². The number of carbonyl (C=O) groups is 1. The summed E-state index contributed by atoms with van der Waals surface area (Å²) in [5.41, 5.74) is 0. The maximum Gasteiger partial charge on any atom is 0 e. The second kappa shape index (κ2) is 31.2. The summed E-state index contributed by atoms with van der Waals surface area (Å²) in [7, 11) is 1.29. The summed E-state index contributed by atoms with van der Waals surface area (Å²) in [6.45, 7) is 15.1. The molecule has 2 atom stereocenters. The Morgan fingerprint density at radius 2 is 1.57 bits per heavy atom. The quantitative estimate of drug-likeness (QED) is 0.186. The Kier molecular flexibility index (Phi) is 47.2. The van der Waals surface area contributed by atoms with E-state index in [4.69, 9.17) is 19.1 Å². The summed E-state index contributed by atoms with van der Waals surface area (Å²) >= 11 is 0. The molecule has 0 aromatic carbocycles. The standard InChI is InChI=1S/C10H16O4.3CO.Fe/c1-8(11)7-9(12)5-3-4-6-10(13)14-2;3*1-2;/h3-6,8-9,11-12H,7H2,1-2H3;;;;/b5-3+,6-4+;;;;/t8?,9-;;;;/m1..../s1. The molecule has 1 unspecified atom stereocenters. The third kappa shape index (κ3) is 38.1. The molecule has 0 aromatic heterocycles. The van der Waals surface area contributed by atoms with Gasteiger partial charge in [-0.1, -0.05) is 18.2 Å². The van der Waals surface area contributed by atoms with Crippen molar-refractivity contribution in [1.29, 1.82) is 0 Å². The van der Waals surface area contributed by atoms with E-state index in [1.54, 1.807) is 6.92 Å². The Morgan fingerprint density at radius 1 is 1.14 bits per heavy atom. The first-order chi connectivity index (χ1) is 9.56. The molecule has 0 saturated carbocycles. The minimum Gasteiger partial charge on any atom is 0 e. The zero-order chi connectivity index (χ0) is 17.0. The second-order valence-electron chi connectivity index (χ2n) is 2.92. The van der Waals surface area contributed by atoms with Crippen LogP contribution in [0.25, 0.3) is 0 Å².